The van der Waals surface area contributed by atoms with Crippen LogP contribution in [0.5, 0.6) is 0 Å². The lowest BCUT2D eigenvalue weighted by Crippen LogP contribution is -2.39. The number of hydrogen-bond donors (Lipinski definition) is 0. The predicted octanol–water partition coefficient (Wildman–Crippen LogP) is 2.41. The summed E-state index contributed by atoms with van der Waals surface area (Å²) in [5.74, 6) is -0.625. The molecule has 6 heteroatoms. The molecular weight excluding hydrogens is 290 g/mol. The van der Waals surface area contributed by atoms with Crippen LogP contribution in [0.25, 0.3) is 0 Å². The average molecular weight is 313 g/mol. The molecule has 1 rings (SSSR count). The number of aryl methyl sites for hydroxylation is 2. The zero-order chi connectivity index (χ0) is 16.2. The van der Waals surface area contributed by atoms with Crippen LogP contribution in [0.2, 0.25) is 0 Å². The van der Waals surface area contributed by atoms with Crippen molar-refractivity contribution in [1.29, 1.82) is 0 Å². The Hall–Kier alpha value is -1.56. The minimum absolute atomic E-state index is 0.0737. The highest BCUT2D eigenvalue weighted by atomic mass is 32.2. The van der Waals surface area contributed by atoms with Crippen LogP contribution >= 0.6 is 0 Å². The zero-order valence-corrected chi connectivity index (χ0v) is 14.0. The van der Waals surface area contributed by atoms with Crippen LogP contribution in [-0.2, 0) is 19.6 Å². The van der Waals surface area contributed by atoms with Crippen molar-refractivity contribution in [1.82, 2.24) is 0 Å². The Kier molecular flexibility index (Phi) is 5.78. The van der Waals surface area contributed by atoms with Gasteiger partial charge < -0.3 is 4.74 Å². The quantitative estimate of drug-likeness (QED) is 0.757. The van der Waals surface area contributed by atoms with Gasteiger partial charge in [-0.1, -0.05) is 18.2 Å². The minimum atomic E-state index is -3.56. The van der Waals surface area contributed by atoms with Gasteiger partial charge in [-0.15, -0.1) is 0 Å². The van der Waals surface area contributed by atoms with E-state index in [9.17, 15) is 13.2 Å². The van der Waals surface area contributed by atoms with Gasteiger partial charge in [0.25, 0.3) is 0 Å². The number of rotatable bonds is 6. The van der Waals surface area contributed by atoms with E-state index in [0.717, 1.165) is 15.4 Å². The highest BCUT2D eigenvalue weighted by Gasteiger charge is 2.26. The fourth-order valence-corrected chi connectivity index (χ4v) is 3.27. The van der Waals surface area contributed by atoms with Gasteiger partial charge in [-0.05, 0) is 45.7 Å². The molecule has 0 aromatic heterocycles. The monoisotopic (exact) mass is 313 g/mol. The normalized spacial score (nSPS) is 11.5. The topological polar surface area (TPSA) is 63.7 Å². The molecule has 0 radical (unpaired) electrons. The van der Waals surface area contributed by atoms with E-state index < -0.39 is 16.0 Å². The maximum absolute atomic E-state index is 12.3. The average Bonchev–Trinajstić information content (AvgIpc) is 2.36. The first-order chi connectivity index (χ1) is 9.69. The van der Waals surface area contributed by atoms with Crippen LogP contribution in [0.4, 0.5) is 5.69 Å². The number of hydrogen-bond acceptors (Lipinski definition) is 4. The summed E-state index contributed by atoms with van der Waals surface area (Å²) in [6, 6.07) is 5.51. The Bertz CT molecular complexity index is 588. The van der Waals surface area contributed by atoms with Gasteiger partial charge in [-0.2, -0.15) is 0 Å². The smallest absolute Gasteiger partial charge is 0.327 e. The SMILES string of the molecule is CCS(=O)(=O)N(CC(=O)OC(C)C)c1c(C)cccc1C. The maximum atomic E-state index is 12.3. The van der Waals surface area contributed by atoms with Crippen molar-refractivity contribution >= 4 is 21.7 Å². The molecule has 1 aromatic rings. The highest BCUT2D eigenvalue weighted by Crippen LogP contribution is 2.27. The Morgan fingerprint density at radius 3 is 2.19 bits per heavy atom. The molecule has 0 atom stereocenters. The summed E-state index contributed by atoms with van der Waals surface area (Å²) in [5.41, 5.74) is 2.17. The number of benzene rings is 1. The molecule has 0 saturated carbocycles. The summed E-state index contributed by atoms with van der Waals surface area (Å²) < 4.78 is 30.9. The summed E-state index contributed by atoms with van der Waals surface area (Å²) in [4.78, 5) is 11.9. The molecular formula is C15H23NO4S. The Morgan fingerprint density at radius 1 is 1.24 bits per heavy atom. The fraction of sp³-hybridized carbons (Fsp3) is 0.533. The molecule has 0 amide bonds. The Labute approximate surface area is 127 Å². The highest BCUT2D eigenvalue weighted by molar-refractivity contribution is 7.92. The molecule has 0 heterocycles. The van der Waals surface area contributed by atoms with Crippen LogP contribution in [0, 0.1) is 13.8 Å². The molecule has 0 bridgehead atoms. The lowest BCUT2D eigenvalue weighted by molar-refractivity contribution is -0.145. The van der Waals surface area contributed by atoms with E-state index in [1.807, 2.05) is 32.0 Å². The van der Waals surface area contributed by atoms with Crippen molar-refractivity contribution in [3.05, 3.63) is 29.3 Å². The summed E-state index contributed by atoms with van der Waals surface area (Å²) in [6.07, 6.45) is -0.276. The van der Waals surface area contributed by atoms with Crippen molar-refractivity contribution < 1.29 is 17.9 Å². The molecule has 1 aromatic carbocycles. The molecule has 0 unspecified atom stereocenters. The zero-order valence-electron chi connectivity index (χ0n) is 13.2. The van der Waals surface area contributed by atoms with Crippen molar-refractivity contribution in [2.24, 2.45) is 0 Å². The fourth-order valence-electron chi connectivity index (χ4n) is 2.09. The van der Waals surface area contributed by atoms with Gasteiger partial charge in [0, 0.05) is 0 Å². The lowest BCUT2D eigenvalue weighted by Gasteiger charge is -2.26. The second-order valence-electron chi connectivity index (χ2n) is 5.19. The molecule has 0 aliphatic heterocycles. The molecule has 0 saturated heterocycles. The van der Waals surface area contributed by atoms with E-state index in [0.29, 0.717) is 5.69 Å². The second-order valence-corrected chi connectivity index (χ2v) is 7.37. The summed E-state index contributed by atoms with van der Waals surface area (Å²) >= 11 is 0. The first kappa shape index (κ1) is 17.5. The lowest BCUT2D eigenvalue weighted by atomic mass is 10.1. The third kappa shape index (κ3) is 4.46. The number of nitrogens with zero attached hydrogens (tertiary/aromatic N) is 1. The number of carbonyl (C=O) groups is 1. The molecule has 0 aliphatic carbocycles. The molecule has 118 valence electrons. The van der Waals surface area contributed by atoms with Crippen molar-refractivity contribution in [3.8, 4) is 0 Å². The van der Waals surface area contributed by atoms with E-state index in [-0.39, 0.29) is 18.4 Å². The molecule has 5 nitrogen and oxygen atoms in total. The molecule has 21 heavy (non-hydrogen) atoms. The summed E-state index contributed by atoms with van der Waals surface area (Å²) in [7, 11) is -3.56. The molecule has 0 fully saturated rings. The second kappa shape index (κ2) is 6.93. The standard InChI is InChI=1S/C15H23NO4S/c1-6-21(18,19)16(10-14(17)20-11(2)3)15-12(4)8-7-9-13(15)5/h7-9,11H,6,10H2,1-5H3. The van der Waals surface area contributed by atoms with E-state index in [2.05, 4.69) is 0 Å². The van der Waals surface area contributed by atoms with E-state index >= 15 is 0 Å². The van der Waals surface area contributed by atoms with E-state index in [1.54, 1.807) is 20.8 Å². The van der Waals surface area contributed by atoms with Gasteiger partial charge in [-0.3, -0.25) is 9.10 Å². The summed E-state index contributed by atoms with van der Waals surface area (Å²) in [5, 5.41) is 0. The number of carbonyl (C=O) groups excluding carboxylic acids is 1. The van der Waals surface area contributed by atoms with E-state index in [1.165, 1.54) is 0 Å². The maximum Gasteiger partial charge on any atom is 0.327 e. The van der Waals surface area contributed by atoms with Crippen molar-refractivity contribution in [2.45, 2.75) is 40.7 Å². The number of esters is 1. The van der Waals surface area contributed by atoms with Crippen LogP contribution in [0.1, 0.15) is 31.9 Å². The predicted molar refractivity (Wildman–Crippen MR) is 84.0 cm³/mol. The summed E-state index contributed by atoms with van der Waals surface area (Å²) in [6.45, 7) is 8.37. The van der Waals surface area contributed by atoms with Gasteiger partial charge >= 0.3 is 5.97 Å². The van der Waals surface area contributed by atoms with Crippen LogP contribution in [0.3, 0.4) is 0 Å². The number of ether oxygens (including phenoxy) is 1. The van der Waals surface area contributed by atoms with Crippen LogP contribution < -0.4 is 4.31 Å². The van der Waals surface area contributed by atoms with Crippen molar-refractivity contribution in [3.63, 3.8) is 0 Å². The van der Waals surface area contributed by atoms with Crippen LogP contribution in [0.15, 0.2) is 18.2 Å². The van der Waals surface area contributed by atoms with Crippen molar-refractivity contribution in [2.75, 3.05) is 16.6 Å². The third-order valence-corrected chi connectivity index (χ3v) is 4.74. The van der Waals surface area contributed by atoms with Gasteiger partial charge in [0.15, 0.2) is 0 Å². The molecule has 0 spiro atoms. The van der Waals surface area contributed by atoms with Gasteiger partial charge in [0.1, 0.15) is 6.54 Å². The first-order valence-electron chi connectivity index (χ1n) is 6.95. The minimum Gasteiger partial charge on any atom is -0.462 e. The first-order valence-corrected chi connectivity index (χ1v) is 8.56. The largest absolute Gasteiger partial charge is 0.462 e. The number of anilines is 1. The Morgan fingerprint density at radius 2 is 1.76 bits per heavy atom. The molecule has 0 N–H and O–H groups in total. The van der Waals surface area contributed by atoms with Gasteiger partial charge in [0.2, 0.25) is 10.0 Å². The van der Waals surface area contributed by atoms with Gasteiger partial charge in [-0.25, -0.2) is 8.42 Å². The molecule has 0 aliphatic rings. The number of para-hydroxylation sites is 1. The van der Waals surface area contributed by atoms with Crippen LogP contribution in [-0.4, -0.2) is 32.8 Å². The van der Waals surface area contributed by atoms with E-state index in [4.69, 9.17) is 4.74 Å². The Balaban J connectivity index is 3.25. The van der Waals surface area contributed by atoms with Gasteiger partial charge in [0.05, 0.1) is 17.5 Å². The number of sulfonamides is 1. The third-order valence-electron chi connectivity index (χ3n) is 3.03.